The second-order valence-electron chi connectivity index (χ2n) is 5.82. The fourth-order valence-corrected chi connectivity index (χ4v) is 3.38. The minimum absolute atomic E-state index is 0.0383. The first-order valence-electron chi connectivity index (χ1n) is 7.98. The molecular weight excluding hydrogens is 392 g/mol. The molecule has 0 fully saturated rings. The molecule has 2 rings (SSSR count). The Hall–Kier alpha value is -2.42. The Morgan fingerprint density at radius 3 is 2.26 bits per heavy atom. The molecule has 144 valence electrons. The van der Waals surface area contributed by atoms with Crippen LogP contribution in [-0.4, -0.2) is 32.9 Å². The fraction of sp³-hybridized carbons (Fsp3) is 0.222. The average Bonchev–Trinajstić information content (AvgIpc) is 2.61. The Labute approximate surface area is 162 Å². The molecule has 0 saturated heterocycles. The van der Waals surface area contributed by atoms with E-state index in [-0.39, 0.29) is 4.90 Å². The Balaban J connectivity index is 1.86. The van der Waals surface area contributed by atoms with Gasteiger partial charge in [0, 0.05) is 10.7 Å². The number of halogens is 1. The molecule has 9 heteroatoms. The molecule has 0 unspecified atom stereocenters. The largest absolute Gasteiger partial charge is 0.454 e. The number of hydrogen-bond donors (Lipinski definition) is 2. The Morgan fingerprint density at radius 2 is 1.67 bits per heavy atom. The number of hydrogen-bond acceptors (Lipinski definition) is 5. The summed E-state index contributed by atoms with van der Waals surface area (Å²) in [6.45, 7) is 2.72. The number of nitrogens with one attached hydrogen (secondary N) is 2. The maximum atomic E-state index is 12.2. The van der Waals surface area contributed by atoms with Crippen molar-refractivity contribution in [3.63, 3.8) is 0 Å². The van der Waals surface area contributed by atoms with E-state index in [9.17, 15) is 18.0 Å². The van der Waals surface area contributed by atoms with Gasteiger partial charge < -0.3 is 10.1 Å². The van der Waals surface area contributed by atoms with Gasteiger partial charge in [0.25, 0.3) is 5.91 Å². The Morgan fingerprint density at radius 1 is 1.07 bits per heavy atom. The van der Waals surface area contributed by atoms with Crippen LogP contribution in [0.25, 0.3) is 0 Å². The number of aryl methyl sites for hydroxylation is 1. The number of benzene rings is 2. The van der Waals surface area contributed by atoms with E-state index in [1.165, 1.54) is 31.2 Å². The summed E-state index contributed by atoms with van der Waals surface area (Å²) >= 11 is 5.73. The molecule has 0 heterocycles. The van der Waals surface area contributed by atoms with Gasteiger partial charge >= 0.3 is 5.97 Å². The van der Waals surface area contributed by atoms with E-state index in [1.807, 2.05) is 19.1 Å². The summed E-state index contributed by atoms with van der Waals surface area (Å²) in [6, 6.07) is 11.4. The summed E-state index contributed by atoms with van der Waals surface area (Å²) in [5.74, 6) is -1.40. The van der Waals surface area contributed by atoms with Crippen molar-refractivity contribution in [2.45, 2.75) is 24.8 Å². The lowest BCUT2D eigenvalue weighted by molar-refractivity contribution is -0.148. The van der Waals surface area contributed by atoms with Crippen molar-refractivity contribution >= 4 is 39.2 Å². The zero-order valence-corrected chi connectivity index (χ0v) is 16.3. The molecular formula is C18H19ClN2O5S. The molecule has 0 aliphatic carbocycles. The monoisotopic (exact) mass is 410 g/mol. The normalized spacial score (nSPS) is 12.3. The number of amides is 1. The molecule has 2 N–H and O–H groups in total. The number of ether oxygens (including phenoxy) is 1. The highest BCUT2D eigenvalue weighted by molar-refractivity contribution is 7.89. The van der Waals surface area contributed by atoms with Gasteiger partial charge in [-0.05, 0) is 50.2 Å². The van der Waals surface area contributed by atoms with Gasteiger partial charge in [-0.25, -0.2) is 8.42 Å². The highest BCUT2D eigenvalue weighted by atomic mass is 35.5. The number of esters is 1. The zero-order chi connectivity index (χ0) is 20.0. The maximum Gasteiger partial charge on any atom is 0.324 e. The minimum atomic E-state index is -3.92. The molecule has 0 spiro atoms. The van der Waals surface area contributed by atoms with Gasteiger partial charge in [-0.2, -0.15) is 4.72 Å². The second-order valence-corrected chi connectivity index (χ2v) is 7.97. The van der Waals surface area contributed by atoms with E-state index in [1.54, 1.807) is 12.1 Å². The first-order chi connectivity index (χ1) is 12.7. The number of carbonyl (C=O) groups is 2. The number of rotatable bonds is 7. The quantitative estimate of drug-likeness (QED) is 0.683. The van der Waals surface area contributed by atoms with E-state index in [2.05, 4.69) is 10.0 Å². The third kappa shape index (κ3) is 6.35. The van der Waals surface area contributed by atoms with Crippen molar-refractivity contribution in [2.75, 3.05) is 11.9 Å². The van der Waals surface area contributed by atoms with Crippen molar-refractivity contribution in [2.24, 2.45) is 0 Å². The van der Waals surface area contributed by atoms with Gasteiger partial charge in [0.05, 0.1) is 4.90 Å². The molecule has 2 aromatic carbocycles. The zero-order valence-electron chi connectivity index (χ0n) is 14.7. The van der Waals surface area contributed by atoms with Crippen LogP contribution in [0.5, 0.6) is 0 Å². The first kappa shape index (κ1) is 20.9. The van der Waals surface area contributed by atoms with Gasteiger partial charge in [-0.1, -0.05) is 29.3 Å². The first-order valence-corrected chi connectivity index (χ1v) is 9.84. The highest BCUT2D eigenvalue weighted by Crippen LogP contribution is 2.14. The Kier molecular flexibility index (Phi) is 6.95. The lowest BCUT2D eigenvalue weighted by Gasteiger charge is -2.14. The third-order valence-electron chi connectivity index (χ3n) is 3.49. The second kappa shape index (κ2) is 8.98. The van der Waals surface area contributed by atoms with Crippen molar-refractivity contribution in [3.8, 4) is 0 Å². The van der Waals surface area contributed by atoms with Crippen LogP contribution in [0, 0.1) is 6.92 Å². The van der Waals surface area contributed by atoms with Gasteiger partial charge in [0.2, 0.25) is 10.0 Å². The molecule has 2 aromatic rings. The smallest absolute Gasteiger partial charge is 0.324 e. The van der Waals surface area contributed by atoms with E-state index >= 15 is 0 Å². The number of carbonyl (C=O) groups excluding carboxylic acids is 2. The Bertz CT molecular complexity index is 912. The molecule has 0 radical (unpaired) electrons. The molecule has 27 heavy (non-hydrogen) atoms. The van der Waals surface area contributed by atoms with Crippen LogP contribution in [0.4, 0.5) is 5.69 Å². The maximum absolute atomic E-state index is 12.2. The van der Waals surface area contributed by atoms with Crippen molar-refractivity contribution in [3.05, 3.63) is 59.1 Å². The predicted molar refractivity (Wildman–Crippen MR) is 102 cm³/mol. The summed E-state index contributed by atoms with van der Waals surface area (Å²) in [5, 5.41) is 2.97. The van der Waals surface area contributed by atoms with Gasteiger partial charge in [-0.15, -0.1) is 0 Å². The summed E-state index contributed by atoms with van der Waals surface area (Å²) in [4.78, 5) is 23.7. The van der Waals surface area contributed by atoms with Crippen LogP contribution < -0.4 is 10.0 Å². The van der Waals surface area contributed by atoms with Crippen molar-refractivity contribution < 1.29 is 22.7 Å². The third-order valence-corrected chi connectivity index (χ3v) is 5.30. The molecule has 1 amide bonds. The molecule has 0 aliphatic heterocycles. The molecule has 7 nitrogen and oxygen atoms in total. The topological polar surface area (TPSA) is 102 Å². The SMILES string of the molecule is Cc1ccc(NC(=O)COC(=O)[C@H](C)NS(=O)(=O)c2ccc(Cl)cc2)cc1. The number of anilines is 1. The lowest BCUT2D eigenvalue weighted by atomic mass is 10.2. The lowest BCUT2D eigenvalue weighted by Crippen LogP contribution is -2.40. The van der Waals surface area contributed by atoms with E-state index in [0.717, 1.165) is 5.56 Å². The van der Waals surface area contributed by atoms with E-state index in [0.29, 0.717) is 10.7 Å². The van der Waals surface area contributed by atoms with Gasteiger partial charge in [0.1, 0.15) is 6.04 Å². The molecule has 0 bridgehead atoms. The number of sulfonamides is 1. The standard InChI is InChI=1S/C18H19ClN2O5S/c1-12-3-7-15(8-4-12)20-17(22)11-26-18(23)13(2)21-27(24,25)16-9-5-14(19)6-10-16/h3-10,13,21H,11H2,1-2H3,(H,20,22)/t13-/m0/s1. The molecule has 0 aliphatic rings. The van der Waals surface area contributed by atoms with Crippen LogP contribution in [0.2, 0.25) is 5.02 Å². The minimum Gasteiger partial charge on any atom is -0.454 e. The summed E-state index contributed by atoms with van der Waals surface area (Å²) in [6.07, 6.45) is 0. The van der Waals surface area contributed by atoms with E-state index in [4.69, 9.17) is 16.3 Å². The summed E-state index contributed by atoms with van der Waals surface area (Å²) in [5.41, 5.74) is 1.61. The predicted octanol–water partition coefficient (Wildman–Crippen LogP) is 2.50. The van der Waals surface area contributed by atoms with Crippen LogP contribution in [0.15, 0.2) is 53.4 Å². The van der Waals surface area contributed by atoms with Crippen LogP contribution >= 0.6 is 11.6 Å². The molecule has 1 atom stereocenters. The fourth-order valence-electron chi connectivity index (χ4n) is 2.06. The average molecular weight is 411 g/mol. The summed E-state index contributed by atoms with van der Waals surface area (Å²) < 4.78 is 31.5. The molecule has 0 saturated carbocycles. The molecule has 0 aromatic heterocycles. The van der Waals surface area contributed by atoms with Crippen LogP contribution in [0.1, 0.15) is 12.5 Å². The van der Waals surface area contributed by atoms with Gasteiger partial charge in [-0.3, -0.25) is 9.59 Å². The van der Waals surface area contributed by atoms with Crippen molar-refractivity contribution in [1.82, 2.24) is 4.72 Å². The van der Waals surface area contributed by atoms with Crippen LogP contribution in [-0.2, 0) is 24.3 Å². The highest BCUT2D eigenvalue weighted by Gasteiger charge is 2.23. The van der Waals surface area contributed by atoms with Gasteiger partial charge in [0.15, 0.2) is 6.61 Å². The van der Waals surface area contributed by atoms with Crippen LogP contribution in [0.3, 0.4) is 0 Å². The van der Waals surface area contributed by atoms with Crippen molar-refractivity contribution in [1.29, 1.82) is 0 Å². The van der Waals surface area contributed by atoms with E-state index < -0.39 is 34.5 Å². The summed E-state index contributed by atoms with van der Waals surface area (Å²) in [7, 11) is -3.92.